The van der Waals surface area contributed by atoms with E-state index in [-0.39, 0.29) is 0 Å². The molecule has 0 aliphatic heterocycles. The summed E-state index contributed by atoms with van der Waals surface area (Å²) in [5, 5.41) is 0. The van der Waals surface area contributed by atoms with E-state index < -0.39 is 9.20 Å². The van der Waals surface area contributed by atoms with Crippen LogP contribution in [0.5, 0.6) is 0 Å². The Labute approximate surface area is 78.5 Å². The monoisotopic (exact) mass is 189 g/mol. The first-order valence-electron chi connectivity index (χ1n) is 5.11. The Morgan fingerprint density at radius 1 is 1.17 bits per heavy atom. The van der Waals surface area contributed by atoms with Gasteiger partial charge in [0.1, 0.15) is 0 Å². The summed E-state index contributed by atoms with van der Waals surface area (Å²) in [6, 6.07) is 1.28. The molecule has 0 aromatic carbocycles. The molecular weight excluding hydrogens is 166 g/mol. The summed E-state index contributed by atoms with van der Waals surface area (Å²) in [5.74, 6) is 0. The number of unbranched alkanes of at least 4 members (excludes halogenated alkanes) is 3. The van der Waals surface area contributed by atoms with E-state index in [0.29, 0.717) is 0 Å². The average Bonchev–Trinajstić information content (AvgIpc) is 2.10. The first-order valence-corrected chi connectivity index (χ1v) is 6.97. The second-order valence-electron chi connectivity index (χ2n) is 3.13. The molecule has 1 unspecified atom stereocenters. The van der Waals surface area contributed by atoms with Gasteiger partial charge < -0.3 is 9.41 Å². The molecule has 0 fully saturated rings. The molecule has 0 spiro atoms. The normalized spacial score (nSPS) is 13.2. The number of hydrogen-bond donors (Lipinski definition) is 1. The van der Waals surface area contributed by atoms with E-state index in [9.17, 15) is 0 Å². The van der Waals surface area contributed by atoms with Crippen LogP contribution in [-0.2, 0) is 4.43 Å². The van der Waals surface area contributed by atoms with E-state index in [0.717, 1.165) is 6.54 Å². The van der Waals surface area contributed by atoms with Crippen LogP contribution in [0.3, 0.4) is 0 Å². The Balaban J connectivity index is 3.19. The predicted octanol–water partition coefficient (Wildman–Crippen LogP) is 2.04. The summed E-state index contributed by atoms with van der Waals surface area (Å²) in [4.78, 5) is 3.43. The van der Waals surface area contributed by atoms with E-state index in [4.69, 9.17) is 4.43 Å². The maximum atomic E-state index is 5.40. The van der Waals surface area contributed by atoms with Gasteiger partial charge in [0.15, 0.2) is 0 Å². The highest BCUT2D eigenvalue weighted by Gasteiger charge is 2.06. The zero-order valence-corrected chi connectivity index (χ0v) is 9.88. The molecule has 0 bridgehead atoms. The third kappa shape index (κ3) is 6.82. The van der Waals surface area contributed by atoms with Crippen LogP contribution in [0.1, 0.15) is 39.5 Å². The lowest BCUT2D eigenvalue weighted by Crippen LogP contribution is -2.35. The molecule has 0 saturated carbocycles. The quantitative estimate of drug-likeness (QED) is 0.466. The van der Waals surface area contributed by atoms with Crippen molar-refractivity contribution in [3.8, 4) is 0 Å². The van der Waals surface area contributed by atoms with E-state index in [1.54, 1.807) is 0 Å². The molecule has 0 aromatic heterocycles. The maximum Gasteiger partial charge on any atom is 0.251 e. The summed E-state index contributed by atoms with van der Waals surface area (Å²) in [6.45, 7) is 5.44. The molecule has 2 nitrogen and oxygen atoms in total. The number of nitrogens with one attached hydrogen (secondary N) is 1. The van der Waals surface area contributed by atoms with Crippen molar-refractivity contribution in [2.24, 2.45) is 0 Å². The highest BCUT2D eigenvalue weighted by atomic mass is 28.3. The second-order valence-corrected chi connectivity index (χ2v) is 5.57. The Kier molecular flexibility index (Phi) is 9.33. The summed E-state index contributed by atoms with van der Waals surface area (Å²) < 4.78 is 5.40. The molecule has 3 heteroatoms. The summed E-state index contributed by atoms with van der Waals surface area (Å²) in [6.07, 6.45) is 5.40. The van der Waals surface area contributed by atoms with E-state index in [1.165, 1.54) is 31.7 Å². The van der Waals surface area contributed by atoms with Crippen LogP contribution in [0.2, 0.25) is 6.04 Å². The zero-order chi connectivity index (χ0) is 9.23. The van der Waals surface area contributed by atoms with E-state index in [2.05, 4.69) is 18.8 Å². The molecule has 0 radical (unpaired) electrons. The van der Waals surface area contributed by atoms with Gasteiger partial charge in [-0.25, -0.2) is 0 Å². The highest BCUT2D eigenvalue weighted by molar-refractivity contribution is 6.48. The lowest BCUT2D eigenvalue weighted by Gasteiger charge is -2.12. The van der Waals surface area contributed by atoms with Gasteiger partial charge in [0.05, 0.1) is 0 Å². The Morgan fingerprint density at radius 3 is 2.42 bits per heavy atom. The standard InChI is InChI=1S/C9H23NOSi/c1-4-6-7-8-9-12(11-3)10-5-2/h10,12H,4-9H2,1-3H3. The predicted molar refractivity (Wildman–Crippen MR) is 56.8 cm³/mol. The Bertz CT molecular complexity index is 90.6. The molecule has 0 rings (SSSR count). The number of hydrogen-bond acceptors (Lipinski definition) is 2. The topological polar surface area (TPSA) is 21.3 Å². The van der Waals surface area contributed by atoms with Gasteiger partial charge >= 0.3 is 0 Å². The lowest BCUT2D eigenvalue weighted by molar-refractivity contribution is 0.404. The van der Waals surface area contributed by atoms with Crippen LogP contribution < -0.4 is 4.98 Å². The third-order valence-corrected chi connectivity index (χ3v) is 4.40. The second kappa shape index (κ2) is 9.23. The fraction of sp³-hybridized carbons (Fsp3) is 1.00. The molecule has 0 heterocycles. The Morgan fingerprint density at radius 2 is 1.92 bits per heavy atom. The lowest BCUT2D eigenvalue weighted by atomic mass is 10.2. The van der Waals surface area contributed by atoms with Gasteiger partial charge in [-0.05, 0) is 12.6 Å². The van der Waals surface area contributed by atoms with Gasteiger partial charge in [-0.1, -0.05) is 39.5 Å². The first-order chi connectivity index (χ1) is 5.85. The Hall–Kier alpha value is 0.137. The minimum Gasteiger partial charge on any atom is -0.409 e. The summed E-state index contributed by atoms with van der Waals surface area (Å²) >= 11 is 0. The SMILES string of the molecule is CCCCCC[SiH](NCC)OC. The van der Waals surface area contributed by atoms with Crippen molar-refractivity contribution in [2.45, 2.75) is 45.6 Å². The zero-order valence-electron chi connectivity index (χ0n) is 8.73. The van der Waals surface area contributed by atoms with Gasteiger partial charge in [0, 0.05) is 7.11 Å². The maximum absolute atomic E-state index is 5.40. The number of rotatable bonds is 8. The summed E-state index contributed by atoms with van der Waals surface area (Å²) in [5.41, 5.74) is 0. The molecule has 0 aliphatic carbocycles. The molecule has 0 aromatic rings. The largest absolute Gasteiger partial charge is 0.409 e. The molecule has 0 saturated heterocycles. The molecule has 0 aliphatic rings. The van der Waals surface area contributed by atoms with Crippen molar-refractivity contribution < 1.29 is 4.43 Å². The van der Waals surface area contributed by atoms with Crippen molar-refractivity contribution in [1.82, 2.24) is 4.98 Å². The molecule has 0 amide bonds. The third-order valence-electron chi connectivity index (χ3n) is 2.04. The van der Waals surface area contributed by atoms with E-state index >= 15 is 0 Å². The van der Waals surface area contributed by atoms with Crippen LogP contribution in [0.15, 0.2) is 0 Å². The molecule has 74 valence electrons. The van der Waals surface area contributed by atoms with Gasteiger partial charge in [0.2, 0.25) is 0 Å². The molecule has 12 heavy (non-hydrogen) atoms. The minimum absolute atomic E-state index is 1.01. The summed E-state index contributed by atoms with van der Waals surface area (Å²) in [7, 11) is 0.827. The van der Waals surface area contributed by atoms with Crippen molar-refractivity contribution in [2.75, 3.05) is 13.7 Å². The fourth-order valence-electron chi connectivity index (χ4n) is 1.29. The van der Waals surface area contributed by atoms with Gasteiger partial charge in [-0.15, -0.1) is 0 Å². The van der Waals surface area contributed by atoms with E-state index in [1.807, 2.05) is 7.11 Å². The first kappa shape index (κ1) is 12.1. The van der Waals surface area contributed by atoms with Crippen molar-refractivity contribution in [3.63, 3.8) is 0 Å². The van der Waals surface area contributed by atoms with Crippen molar-refractivity contribution >= 4 is 9.20 Å². The van der Waals surface area contributed by atoms with Crippen LogP contribution in [0.4, 0.5) is 0 Å². The smallest absolute Gasteiger partial charge is 0.251 e. The average molecular weight is 189 g/mol. The molecular formula is C9H23NOSi. The van der Waals surface area contributed by atoms with Crippen LogP contribution in [0, 0.1) is 0 Å². The van der Waals surface area contributed by atoms with Crippen LogP contribution in [0.25, 0.3) is 0 Å². The van der Waals surface area contributed by atoms with Gasteiger partial charge in [-0.2, -0.15) is 0 Å². The molecule has 1 atom stereocenters. The van der Waals surface area contributed by atoms with Crippen molar-refractivity contribution in [1.29, 1.82) is 0 Å². The van der Waals surface area contributed by atoms with Crippen molar-refractivity contribution in [3.05, 3.63) is 0 Å². The highest BCUT2D eigenvalue weighted by Crippen LogP contribution is 2.04. The minimum atomic E-state index is -1.01. The van der Waals surface area contributed by atoms with Crippen LogP contribution >= 0.6 is 0 Å². The van der Waals surface area contributed by atoms with Gasteiger partial charge in [-0.3, -0.25) is 0 Å². The van der Waals surface area contributed by atoms with Gasteiger partial charge in [0.25, 0.3) is 9.20 Å². The molecule has 1 N–H and O–H groups in total. The van der Waals surface area contributed by atoms with Crippen LogP contribution in [-0.4, -0.2) is 22.9 Å². The fourth-order valence-corrected chi connectivity index (χ4v) is 3.01.